The van der Waals surface area contributed by atoms with Crippen LogP contribution in [0.3, 0.4) is 0 Å². The quantitative estimate of drug-likeness (QED) is 0.584. The standard InChI is InChI=1S/C8H8N8S/c1-9-7-14-5-4(10-2-11-5)6(15-7)17-8-12-3-13-16-8/h2-3H,1H3,(H,12,13,16)(H2,9,10,11,14,15). The molecule has 0 amide bonds. The van der Waals surface area contributed by atoms with Crippen LogP contribution in [-0.4, -0.2) is 42.2 Å². The van der Waals surface area contributed by atoms with E-state index in [2.05, 4.69) is 40.4 Å². The van der Waals surface area contributed by atoms with Crippen LogP contribution in [-0.2, 0) is 0 Å². The van der Waals surface area contributed by atoms with Gasteiger partial charge in [-0.25, -0.2) is 15.0 Å². The molecule has 0 unspecified atom stereocenters. The summed E-state index contributed by atoms with van der Waals surface area (Å²) in [7, 11) is 1.76. The highest BCUT2D eigenvalue weighted by molar-refractivity contribution is 7.99. The van der Waals surface area contributed by atoms with Crippen LogP contribution in [0.1, 0.15) is 0 Å². The van der Waals surface area contributed by atoms with Crippen LogP contribution in [0.2, 0.25) is 0 Å². The van der Waals surface area contributed by atoms with E-state index in [1.54, 1.807) is 13.4 Å². The molecule has 0 fully saturated rings. The first-order valence-corrected chi connectivity index (χ1v) is 5.60. The van der Waals surface area contributed by atoms with Gasteiger partial charge in [0.25, 0.3) is 0 Å². The van der Waals surface area contributed by atoms with Crippen molar-refractivity contribution in [1.29, 1.82) is 0 Å². The summed E-state index contributed by atoms with van der Waals surface area (Å²) >= 11 is 1.37. The third-order valence-electron chi connectivity index (χ3n) is 2.06. The van der Waals surface area contributed by atoms with Crippen LogP contribution in [0.4, 0.5) is 5.95 Å². The van der Waals surface area contributed by atoms with Crippen molar-refractivity contribution < 1.29 is 0 Å². The van der Waals surface area contributed by atoms with Crippen molar-refractivity contribution in [1.82, 2.24) is 35.1 Å². The number of nitrogens with zero attached hydrogens (tertiary/aromatic N) is 5. The highest BCUT2D eigenvalue weighted by Crippen LogP contribution is 2.28. The molecule has 3 aromatic rings. The van der Waals surface area contributed by atoms with Gasteiger partial charge in [0.2, 0.25) is 5.95 Å². The third-order valence-corrected chi connectivity index (χ3v) is 2.94. The molecule has 0 saturated heterocycles. The molecule has 0 saturated carbocycles. The Kier molecular flexibility index (Phi) is 2.37. The van der Waals surface area contributed by atoms with Crippen molar-refractivity contribution in [3.63, 3.8) is 0 Å². The molecular formula is C8H8N8S. The van der Waals surface area contributed by atoms with E-state index >= 15 is 0 Å². The van der Waals surface area contributed by atoms with E-state index < -0.39 is 0 Å². The maximum absolute atomic E-state index is 4.35. The summed E-state index contributed by atoms with van der Waals surface area (Å²) in [6, 6.07) is 0. The van der Waals surface area contributed by atoms with E-state index in [4.69, 9.17) is 0 Å². The molecule has 0 aliphatic carbocycles. The van der Waals surface area contributed by atoms with E-state index in [1.807, 2.05) is 0 Å². The molecular weight excluding hydrogens is 240 g/mol. The minimum absolute atomic E-state index is 0.520. The van der Waals surface area contributed by atoms with Crippen molar-refractivity contribution >= 4 is 28.9 Å². The van der Waals surface area contributed by atoms with E-state index in [0.29, 0.717) is 16.8 Å². The smallest absolute Gasteiger partial charge is 0.225 e. The lowest BCUT2D eigenvalue weighted by atomic mass is 10.5. The number of imidazole rings is 1. The van der Waals surface area contributed by atoms with Gasteiger partial charge in [-0.05, 0) is 11.8 Å². The number of hydrogen-bond acceptors (Lipinski definition) is 7. The van der Waals surface area contributed by atoms with Crippen molar-refractivity contribution in [3.8, 4) is 0 Å². The minimum atomic E-state index is 0.520. The van der Waals surface area contributed by atoms with Gasteiger partial charge in [0.05, 0.1) is 6.33 Å². The molecule has 8 nitrogen and oxygen atoms in total. The Hall–Kier alpha value is -2.16. The molecule has 0 aliphatic heterocycles. The third kappa shape index (κ3) is 1.80. The van der Waals surface area contributed by atoms with Gasteiger partial charge >= 0.3 is 0 Å². The Bertz CT molecular complexity index is 630. The number of aromatic nitrogens is 7. The lowest BCUT2D eigenvalue weighted by Gasteiger charge is -2.02. The number of nitrogens with one attached hydrogen (secondary N) is 3. The molecule has 3 rings (SSSR count). The highest BCUT2D eigenvalue weighted by Gasteiger charge is 2.11. The van der Waals surface area contributed by atoms with Crippen LogP contribution in [0.5, 0.6) is 0 Å². The predicted octanol–water partition coefficient (Wildman–Crippen LogP) is 0.664. The molecule has 3 heterocycles. The van der Waals surface area contributed by atoms with Crippen LogP contribution < -0.4 is 5.32 Å². The summed E-state index contributed by atoms with van der Waals surface area (Å²) < 4.78 is 0. The zero-order chi connectivity index (χ0) is 11.7. The molecule has 3 N–H and O–H groups in total. The monoisotopic (exact) mass is 248 g/mol. The Morgan fingerprint density at radius 3 is 3.00 bits per heavy atom. The normalized spacial score (nSPS) is 10.9. The fraction of sp³-hybridized carbons (Fsp3) is 0.125. The summed E-state index contributed by atoms with van der Waals surface area (Å²) in [5, 5.41) is 10.9. The zero-order valence-corrected chi connectivity index (χ0v) is 9.62. The second-order valence-electron chi connectivity index (χ2n) is 3.10. The Morgan fingerprint density at radius 2 is 2.24 bits per heavy atom. The van der Waals surface area contributed by atoms with Gasteiger partial charge in [-0.1, -0.05) is 0 Å². The Balaban J connectivity index is 2.10. The molecule has 3 aromatic heterocycles. The van der Waals surface area contributed by atoms with Gasteiger partial charge in [-0.2, -0.15) is 10.1 Å². The first-order valence-electron chi connectivity index (χ1n) is 4.79. The number of rotatable bonds is 3. The maximum Gasteiger partial charge on any atom is 0.225 e. The van der Waals surface area contributed by atoms with Crippen molar-refractivity contribution in [3.05, 3.63) is 12.7 Å². The average molecular weight is 248 g/mol. The van der Waals surface area contributed by atoms with E-state index in [-0.39, 0.29) is 0 Å². The topological polar surface area (TPSA) is 108 Å². The summed E-state index contributed by atoms with van der Waals surface area (Å²) in [5.41, 5.74) is 1.40. The summed E-state index contributed by atoms with van der Waals surface area (Å²) in [6.45, 7) is 0. The Labute approximate surface area is 99.7 Å². The van der Waals surface area contributed by atoms with E-state index in [1.165, 1.54) is 18.1 Å². The second kappa shape index (κ2) is 4.01. The molecule has 86 valence electrons. The van der Waals surface area contributed by atoms with Crippen LogP contribution in [0, 0.1) is 0 Å². The first kappa shape index (κ1) is 10.0. The van der Waals surface area contributed by atoms with Crippen molar-refractivity contribution in [2.24, 2.45) is 0 Å². The lowest BCUT2D eigenvalue weighted by Crippen LogP contribution is -1.98. The lowest BCUT2D eigenvalue weighted by molar-refractivity contribution is 0.967. The molecule has 0 atom stereocenters. The van der Waals surface area contributed by atoms with Crippen LogP contribution >= 0.6 is 11.8 Å². The van der Waals surface area contributed by atoms with Crippen LogP contribution in [0.15, 0.2) is 22.8 Å². The maximum atomic E-state index is 4.35. The summed E-state index contributed by atoms with van der Waals surface area (Å²) in [6.07, 6.45) is 3.04. The average Bonchev–Trinajstić information content (AvgIpc) is 2.98. The fourth-order valence-electron chi connectivity index (χ4n) is 1.33. The molecule has 0 bridgehead atoms. The minimum Gasteiger partial charge on any atom is -0.357 e. The van der Waals surface area contributed by atoms with E-state index in [9.17, 15) is 0 Å². The zero-order valence-electron chi connectivity index (χ0n) is 8.80. The van der Waals surface area contributed by atoms with Crippen LogP contribution in [0.25, 0.3) is 11.2 Å². The molecule has 0 aromatic carbocycles. The molecule has 0 radical (unpaired) electrons. The largest absolute Gasteiger partial charge is 0.357 e. The van der Waals surface area contributed by atoms with Gasteiger partial charge in [-0.3, -0.25) is 5.10 Å². The number of anilines is 1. The van der Waals surface area contributed by atoms with Gasteiger partial charge in [-0.15, -0.1) is 0 Å². The van der Waals surface area contributed by atoms with Crippen molar-refractivity contribution in [2.75, 3.05) is 12.4 Å². The number of fused-ring (bicyclic) bond motifs is 1. The van der Waals surface area contributed by atoms with Gasteiger partial charge in [0.15, 0.2) is 10.8 Å². The van der Waals surface area contributed by atoms with E-state index in [0.717, 1.165) is 10.5 Å². The fourth-order valence-corrected chi connectivity index (χ4v) is 2.09. The second-order valence-corrected chi connectivity index (χ2v) is 4.07. The molecule has 17 heavy (non-hydrogen) atoms. The SMILES string of the molecule is CNc1nc(Sc2ncn[nH]2)c2[nH]cnc2n1. The van der Waals surface area contributed by atoms with Gasteiger partial charge < -0.3 is 10.3 Å². The summed E-state index contributed by atoms with van der Waals surface area (Å²) in [5.74, 6) is 0.520. The Morgan fingerprint density at radius 1 is 1.29 bits per heavy atom. The molecule has 0 aliphatic rings. The van der Waals surface area contributed by atoms with Crippen molar-refractivity contribution in [2.45, 2.75) is 10.2 Å². The van der Waals surface area contributed by atoms with Gasteiger partial charge in [0.1, 0.15) is 16.9 Å². The number of H-pyrrole nitrogens is 2. The molecule has 0 spiro atoms. The summed E-state index contributed by atoms with van der Waals surface area (Å²) in [4.78, 5) is 19.7. The van der Waals surface area contributed by atoms with Gasteiger partial charge in [0, 0.05) is 7.05 Å². The number of aromatic amines is 2. The highest BCUT2D eigenvalue weighted by atomic mass is 32.2. The first-order chi connectivity index (χ1) is 8.36. The number of hydrogen-bond donors (Lipinski definition) is 3. The molecule has 9 heteroatoms. The predicted molar refractivity (Wildman–Crippen MR) is 61.7 cm³/mol.